The van der Waals surface area contributed by atoms with Crippen molar-refractivity contribution in [2.24, 2.45) is 0 Å². The van der Waals surface area contributed by atoms with Crippen LogP contribution in [0.1, 0.15) is 20.3 Å². The van der Waals surface area contributed by atoms with Crippen LogP contribution in [0.4, 0.5) is 0 Å². The van der Waals surface area contributed by atoms with Gasteiger partial charge in [0.25, 0.3) is 0 Å². The lowest BCUT2D eigenvalue weighted by atomic mass is 10.1. The first-order valence-electron chi connectivity index (χ1n) is 3.33. The molecule has 3 heteroatoms. The van der Waals surface area contributed by atoms with Crippen LogP contribution in [0, 0.1) is 0 Å². The summed E-state index contributed by atoms with van der Waals surface area (Å²) in [5.41, 5.74) is 0. The Morgan fingerprint density at radius 2 is 2.20 bits per heavy atom. The van der Waals surface area contributed by atoms with Gasteiger partial charge in [0.15, 0.2) is 5.78 Å². The number of halogens is 1. The summed E-state index contributed by atoms with van der Waals surface area (Å²) >= 11 is 3.30. The highest BCUT2D eigenvalue weighted by atomic mass is 79.9. The van der Waals surface area contributed by atoms with E-state index in [2.05, 4.69) is 15.9 Å². The maximum Gasteiger partial charge on any atom is 0.162 e. The molecule has 0 amide bonds. The molecule has 0 saturated carbocycles. The van der Waals surface area contributed by atoms with Crippen LogP contribution in [0.2, 0.25) is 0 Å². The number of hydrogen-bond donors (Lipinski definition) is 0. The number of hydrogen-bond acceptors (Lipinski definition) is 2. The van der Waals surface area contributed by atoms with Gasteiger partial charge < -0.3 is 4.74 Å². The van der Waals surface area contributed by atoms with E-state index in [4.69, 9.17) is 4.74 Å². The highest BCUT2D eigenvalue weighted by molar-refractivity contribution is 9.09. The number of ketones is 1. The van der Waals surface area contributed by atoms with Gasteiger partial charge >= 0.3 is 0 Å². The van der Waals surface area contributed by atoms with E-state index in [0.717, 1.165) is 0 Å². The lowest BCUT2D eigenvalue weighted by molar-refractivity contribution is -0.128. The molecule has 2 unspecified atom stereocenters. The van der Waals surface area contributed by atoms with Crippen LogP contribution in [-0.4, -0.2) is 23.8 Å². The first kappa shape index (κ1) is 10.1. The van der Waals surface area contributed by atoms with Crippen molar-refractivity contribution < 1.29 is 9.53 Å². The Morgan fingerprint density at radius 3 is 2.30 bits per heavy atom. The van der Waals surface area contributed by atoms with Gasteiger partial charge in [-0.3, -0.25) is 4.79 Å². The minimum absolute atomic E-state index is 0.102. The second-order valence-electron chi connectivity index (χ2n) is 2.15. The second kappa shape index (κ2) is 4.85. The van der Waals surface area contributed by atoms with Crippen molar-refractivity contribution in [2.75, 3.05) is 7.11 Å². The number of methoxy groups -OCH3 is 1. The van der Waals surface area contributed by atoms with E-state index in [0.29, 0.717) is 6.42 Å². The molecule has 60 valence electrons. The summed E-state index contributed by atoms with van der Waals surface area (Å²) in [6, 6.07) is 0. The summed E-state index contributed by atoms with van der Waals surface area (Å²) in [6.45, 7) is 3.74. The van der Waals surface area contributed by atoms with E-state index in [1.54, 1.807) is 7.11 Å². The van der Waals surface area contributed by atoms with Crippen LogP contribution in [0.25, 0.3) is 0 Å². The molecule has 0 aliphatic rings. The molecule has 0 rings (SSSR count). The quantitative estimate of drug-likeness (QED) is 0.659. The lowest BCUT2D eigenvalue weighted by Gasteiger charge is -2.14. The van der Waals surface area contributed by atoms with Crippen LogP contribution in [0.3, 0.4) is 0 Å². The molecule has 2 atom stereocenters. The fraction of sp³-hybridized carbons (Fsp3) is 0.857. The Balaban J connectivity index is 3.93. The first-order valence-corrected chi connectivity index (χ1v) is 4.24. The summed E-state index contributed by atoms with van der Waals surface area (Å²) in [5.74, 6) is 0.145. The van der Waals surface area contributed by atoms with Crippen molar-refractivity contribution >= 4 is 21.7 Å². The Kier molecular flexibility index (Phi) is 4.91. The topological polar surface area (TPSA) is 26.3 Å². The molecule has 0 heterocycles. The molecular weight excluding hydrogens is 196 g/mol. The zero-order valence-corrected chi connectivity index (χ0v) is 8.14. The molecule has 0 spiro atoms. The van der Waals surface area contributed by atoms with Crippen LogP contribution < -0.4 is 0 Å². The van der Waals surface area contributed by atoms with Gasteiger partial charge in [-0.15, -0.1) is 0 Å². The van der Waals surface area contributed by atoms with Crippen molar-refractivity contribution in [3.8, 4) is 0 Å². The number of alkyl halides is 1. The largest absolute Gasteiger partial charge is 0.373 e. The zero-order valence-electron chi connectivity index (χ0n) is 6.56. The van der Waals surface area contributed by atoms with E-state index < -0.39 is 0 Å². The van der Waals surface area contributed by atoms with Gasteiger partial charge in [-0.05, 0) is 6.92 Å². The summed E-state index contributed by atoms with van der Waals surface area (Å²) in [5, 5.41) is 0. The van der Waals surface area contributed by atoms with E-state index >= 15 is 0 Å². The van der Waals surface area contributed by atoms with Crippen LogP contribution in [0.5, 0.6) is 0 Å². The zero-order chi connectivity index (χ0) is 8.15. The molecule has 10 heavy (non-hydrogen) atoms. The Morgan fingerprint density at radius 1 is 1.70 bits per heavy atom. The van der Waals surface area contributed by atoms with Crippen molar-refractivity contribution in [1.29, 1.82) is 0 Å². The number of Topliss-reactive ketones (excluding diaryl/α,β-unsaturated/α-hetero) is 1. The second-order valence-corrected chi connectivity index (χ2v) is 3.60. The molecule has 0 aromatic carbocycles. The normalized spacial score (nSPS) is 16.4. The molecule has 0 aliphatic heterocycles. The first-order chi connectivity index (χ1) is 4.63. The highest BCUT2D eigenvalue weighted by Crippen LogP contribution is 2.09. The highest BCUT2D eigenvalue weighted by Gasteiger charge is 2.20. The monoisotopic (exact) mass is 208 g/mol. The number of carbonyl (C=O) groups is 1. The maximum absolute atomic E-state index is 11.0. The number of rotatable bonds is 4. The van der Waals surface area contributed by atoms with E-state index in [9.17, 15) is 4.79 Å². The summed E-state index contributed by atoms with van der Waals surface area (Å²) in [4.78, 5) is 11.1. The summed E-state index contributed by atoms with van der Waals surface area (Å²) in [6.07, 6.45) is 0.249. The van der Waals surface area contributed by atoms with Gasteiger partial charge in [0.2, 0.25) is 0 Å². The molecule has 0 radical (unpaired) electrons. The molecule has 0 aromatic heterocycles. The third kappa shape index (κ3) is 2.80. The Hall–Kier alpha value is 0.110. The molecule has 0 aromatic rings. The number of carbonyl (C=O) groups excluding carboxylic acids is 1. The fourth-order valence-electron chi connectivity index (χ4n) is 0.776. The predicted molar refractivity (Wildman–Crippen MR) is 44.5 cm³/mol. The standard InChI is InChI=1S/C7H13BrO2/c1-4-6(9)7(10-3)5(2)8/h5,7H,4H2,1-3H3. The molecule has 0 aliphatic carbocycles. The summed E-state index contributed by atoms with van der Waals surface area (Å²) < 4.78 is 4.97. The van der Waals surface area contributed by atoms with Crippen LogP contribution in [-0.2, 0) is 9.53 Å². The van der Waals surface area contributed by atoms with Gasteiger partial charge in [-0.1, -0.05) is 22.9 Å². The Bertz CT molecular complexity index is 112. The van der Waals surface area contributed by atoms with Gasteiger partial charge in [0.05, 0.1) is 0 Å². The minimum atomic E-state index is -0.287. The Labute approximate surface area is 70.1 Å². The predicted octanol–water partition coefficient (Wildman–Crippen LogP) is 1.76. The molecule has 0 N–H and O–H groups in total. The van der Waals surface area contributed by atoms with Crippen LogP contribution in [0.15, 0.2) is 0 Å². The van der Waals surface area contributed by atoms with E-state index in [-0.39, 0.29) is 16.7 Å². The van der Waals surface area contributed by atoms with Gasteiger partial charge in [0, 0.05) is 18.4 Å². The molecule has 0 fully saturated rings. The third-order valence-electron chi connectivity index (χ3n) is 1.34. The average Bonchev–Trinajstić information content (AvgIpc) is 1.88. The third-order valence-corrected chi connectivity index (χ3v) is 1.82. The average molecular weight is 209 g/mol. The van der Waals surface area contributed by atoms with Crippen molar-refractivity contribution in [3.63, 3.8) is 0 Å². The van der Waals surface area contributed by atoms with Crippen molar-refractivity contribution in [3.05, 3.63) is 0 Å². The van der Waals surface area contributed by atoms with Crippen LogP contribution >= 0.6 is 15.9 Å². The molecule has 0 saturated heterocycles. The smallest absolute Gasteiger partial charge is 0.162 e. The number of ether oxygens (including phenoxy) is 1. The lowest BCUT2D eigenvalue weighted by Crippen LogP contribution is -2.29. The van der Waals surface area contributed by atoms with Gasteiger partial charge in [0.1, 0.15) is 6.10 Å². The molecular formula is C7H13BrO2. The van der Waals surface area contributed by atoms with Gasteiger partial charge in [-0.2, -0.15) is 0 Å². The van der Waals surface area contributed by atoms with Gasteiger partial charge in [-0.25, -0.2) is 0 Å². The maximum atomic E-state index is 11.0. The van der Waals surface area contributed by atoms with Crippen molar-refractivity contribution in [2.45, 2.75) is 31.2 Å². The fourth-order valence-corrected chi connectivity index (χ4v) is 1.29. The van der Waals surface area contributed by atoms with Crippen molar-refractivity contribution in [1.82, 2.24) is 0 Å². The molecule has 2 nitrogen and oxygen atoms in total. The summed E-state index contributed by atoms with van der Waals surface area (Å²) in [7, 11) is 1.55. The molecule has 0 bridgehead atoms. The van der Waals surface area contributed by atoms with E-state index in [1.807, 2.05) is 13.8 Å². The van der Waals surface area contributed by atoms with E-state index in [1.165, 1.54) is 0 Å². The SMILES string of the molecule is CCC(=O)C(OC)C(C)Br. The minimum Gasteiger partial charge on any atom is -0.373 e.